The minimum Gasteiger partial charge on any atom is -0.504 e. The van der Waals surface area contributed by atoms with Crippen molar-refractivity contribution in [2.45, 2.75) is 195 Å². The van der Waals surface area contributed by atoms with Crippen LogP contribution in [0.4, 0.5) is 0 Å². The maximum Gasteiger partial charge on any atom is 0.201 e. The Bertz CT molecular complexity index is 727. The Morgan fingerprint density at radius 3 is 1.15 bits per heavy atom. The zero-order valence-electron chi connectivity index (χ0n) is 27.4. The molecule has 1 aromatic rings. The van der Waals surface area contributed by atoms with Crippen LogP contribution in [0.2, 0.25) is 0 Å². The van der Waals surface area contributed by atoms with Crippen LogP contribution in [-0.4, -0.2) is 16.8 Å². The smallest absolute Gasteiger partial charge is 0.201 e. The lowest BCUT2D eigenvalue weighted by molar-refractivity contribution is 0.282. The molecular weight excluding hydrogens is 492 g/mol. The summed E-state index contributed by atoms with van der Waals surface area (Å²) in [6.07, 6.45) is 31.5. The Morgan fingerprint density at radius 1 is 0.375 bits per heavy atom. The number of hydrogen-bond acceptors (Lipinski definition) is 3. The van der Waals surface area contributed by atoms with E-state index >= 15 is 0 Å². The van der Waals surface area contributed by atoms with Gasteiger partial charge in [-0.15, -0.1) is 0 Å². The molecule has 0 amide bonds. The van der Waals surface area contributed by atoms with Crippen molar-refractivity contribution in [1.82, 2.24) is 0 Å². The fraction of sp³-hybridized carbons (Fsp3) is 0.838. The molecule has 0 aromatic heterocycles. The number of hydrogen-bond donors (Lipinski definition) is 2. The molecule has 0 fully saturated rings. The third-order valence-corrected chi connectivity index (χ3v) is 8.56. The van der Waals surface area contributed by atoms with E-state index in [1.807, 2.05) is 0 Å². The summed E-state index contributed by atoms with van der Waals surface area (Å²) in [6.45, 7) is 9.58. The van der Waals surface area contributed by atoms with E-state index in [0.29, 0.717) is 12.4 Å². The molecule has 0 atom stereocenters. The van der Waals surface area contributed by atoms with Crippen molar-refractivity contribution in [3.8, 4) is 17.2 Å². The number of ether oxygens (including phenoxy) is 1. The highest BCUT2D eigenvalue weighted by Gasteiger charge is 2.24. The lowest BCUT2D eigenvalue weighted by atomic mass is 9.88. The van der Waals surface area contributed by atoms with Crippen molar-refractivity contribution in [3.05, 3.63) is 16.7 Å². The summed E-state index contributed by atoms with van der Waals surface area (Å²) in [5, 5.41) is 22.5. The second-order valence-corrected chi connectivity index (χ2v) is 12.3. The molecule has 0 aliphatic rings. The van der Waals surface area contributed by atoms with Crippen LogP contribution in [0.1, 0.15) is 192 Å². The summed E-state index contributed by atoms with van der Waals surface area (Å²) in [4.78, 5) is 0. The summed E-state index contributed by atoms with van der Waals surface area (Å²) in [5.41, 5.74) is 3.51. The van der Waals surface area contributed by atoms with Crippen molar-refractivity contribution >= 4 is 0 Å². The largest absolute Gasteiger partial charge is 0.504 e. The number of phenolic OH excluding ortho intramolecular Hbond substituents is 2. The third-order valence-electron chi connectivity index (χ3n) is 8.56. The molecule has 2 N–H and O–H groups in total. The van der Waals surface area contributed by atoms with Gasteiger partial charge in [0.1, 0.15) is 0 Å². The SMILES string of the molecule is CCCCCCCCCc1c(O)c(O)c(OCCCC)c(CCCCCCCCC)c1CCCCCCCCC. The fourth-order valence-corrected chi connectivity index (χ4v) is 5.94. The van der Waals surface area contributed by atoms with Crippen molar-refractivity contribution in [1.29, 1.82) is 0 Å². The molecule has 0 unspecified atom stereocenters. The van der Waals surface area contributed by atoms with Crippen LogP contribution in [-0.2, 0) is 19.3 Å². The van der Waals surface area contributed by atoms with Crippen LogP contribution in [0.3, 0.4) is 0 Å². The maximum atomic E-state index is 11.3. The molecule has 1 aromatic carbocycles. The van der Waals surface area contributed by atoms with Crippen LogP contribution in [0.15, 0.2) is 0 Å². The topological polar surface area (TPSA) is 49.7 Å². The lowest BCUT2D eigenvalue weighted by Crippen LogP contribution is -2.08. The second kappa shape index (κ2) is 25.3. The van der Waals surface area contributed by atoms with E-state index in [2.05, 4.69) is 27.7 Å². The minimum absolute atomic E-state index is 0.00434. The van der Waals surface area contributed by atoms with Gasteiger partial charge in [0.25, 0.3) is 0 Å². The van der Waals surface area contributed by atoms with Gasteiger partial charge >= 0.3 is 0 Å². The molecule has 0 aliphatic carbocycles. The van der Waals surface area contributed by atoms with Gasteiger partial charge in [-0.3, -0.25) is 0 Å². The van der Waals surface area contributed by atoms with Crippen LogP contribution >= 0.6 is 0 Å². The molecule has 0 saturated heterocycles. The molecule has 0 saturated carbocycles. The van der Waals surface area contributed by atoms with E-state index in [-0.39, 0.29) is 11.5 Å². The summed E-state index contributed by atoms with van der Waals surface area (Å²) in [6, 6.07) is 0. The number of rotatable bonds is 28. The summed E-state index contributed by atoms with van der Waals surface area (Å²) < 4.78 is 6.24. The van der Waals surface area contributed by atoms with Gasteiger partial charge in [-0.25, -0.2) is 0 Å². The number of unbranched alkanes of at least 4 members (excludes halogenated alkanes) is 19. The van der Waals surface area contributed by atoms with E-state index in [9.17, 15) is 10.2 Å². The average Bonchev–Trinajstić information content (AvgIpc) is 2.96. The van der Waals surface area contributed by atoms with Gasteiger partial charge in [-0.05, 0) is 50.5 Å². The second-order valence-electron chi connectivity index (χ2n) is 12.3. The van der Waals surface area contributed by atoms with Crippen LogP contribution in [0.5, 0.6) is 17.2 Å². The maximum absolute atomic E-state index is 11.3. The molecule has 0 aliphatic heterocycles. The number of aromatic hydroxyl groups is 2. The Hall–Kier alpha value is -1.38. The van der Waals surface area contributed by atoms with Crippen molar-refractivity contribution in [3.63, 3.8) is 0 Å². The summed E-state index contributed by atoms with van der Waals surface area (Å²) in [5.74, 6) is 0.673. The van der Waals surface area contributed by atoms with Crippen LogP contribution < -0.4 is 4.74 Å². The first-order valence-corrected chi connectivity index (χ1v) is 17.8. The molecule has 3 nitrogen and oxygen atoms in total. The van der Waals surface area contributed by atoms with Crippen LogP contribution in [0, 0.1) is 0 Å². The van der Waals surface area contributed by atoms with Gasteiger partial charge in [0.15, 0.2) is 11.5 Å². The molecule has 234 valence electrons. The summed E-state index contributed by atoms with van der Waals surface area (Å²) in [7, 11) is 0. The molecule has 0 heterocycles. The Morgan fingerprint density at radius 2 is 0.725 bits per heavy atom. The molecular formula is C37H68O3. The molecule has 0 spiro atoms. The van der Waals surface area contributed by atoms with Gasteiger partial charge in [-0.2, -0.15) is 0 Å². The van der Waals surface area contributed by atoms with Gasteiger partial charge in [0.2, 0.25) is 5.75 Å². The average molecular weight is 561 g/mol. The first-order valence-electron chi connectivity index (χ1n) is 17.8. The van der Waals surface area contributed by atoms with Gasteiger partial charge in [-0.1, -0.05) is 150 Å². The predicted octanol–water partition coefficient (Wildman–Crippen LogP) is 12.2. The zero-order valence-corrected chi connectivity index (χ0v) is 27.4. The van der Waals surface area contributed by atoms with E-state index in [0.717, 1.165) is 56.9 Å². The Kier molecular flexibility index (Phi) is 23.2. The van der Waals surface area contributed by atoms with Crippen molar-refractivity contribution < 1.29 is 14.9 Å². The highest BCUT2D eigenvalue weighted by molar-refractivity contribution is 5.62. The first-order chi connectivity index (χ1) is 19.6. The highest BCUT2D eigenvalue weighted by Crippen LogP contribution is 2.46. The van der Waals surface area contributed by atoms with E-state index in [4.69, 9.17) is 4.74 Å². The lowest BCUT2D eigenvalue weighted by Gasteiger charge is -2.23. The molecule has 40 heavy (non-hydrogen) atoms. The summed E-state index contributed by atoms with van der Waals surface area (Å²) >= 11 is 0. The molecule has 0 radical (unpaired) electrons. The molecule has 0 bridgehead atoms. The van der Waals surface area contributed by atoms with E-state index < -0.39 is 0 Å². The zero-order chi connectivity index (χ0) is 29.3. The first kappa shape index (κ1) is 36.6. The predicted molar refractivity (Wildman–Crippen MR) is 175 cm³/mol. The fourth-order valence-electron chi connectivity index (χ4n) is 5.94. The molecule has 3 heteroatoms. The highest BCUT2D eigenvalue weighted by atomic mass is 16.5. The standard InChI is InChI=1S/C37H68O3/c1-5-9-13-16-19-22-25-28-32-33(29-26-23-20-17-14-10-6-2)35(38)36(39)37(40-31-12-8-4)34(32)30-27-24-21-18-15-11-7-3/h38-39H,5-31H2,1-4H3. The monoisotopic (exact) mass is 561 g/mol. The third kappa shape index (κ3) is 15.6. The Balaban J connectivity index is 3.07. The molecule has 1 rings (SSSR count). The minimum atomic E-state index is -0.00434. The number of benzene rings is 1. The van der Waals surface area contributed by atoms with Crippen LogP contribution in [0.25, 0.3) is 0 Å². The van der Waals surface area contributed by atoms with E-state index in [1.54, 1.807) is 0 Å². The Labute approximate surface area is 249 Å². The van der Waals surface area contributed by atoms with Gasteiger partial charge in [0.05, 0.1) is 6.61 Å². The van der Waals surface area contributed by atoms with Gasteiger partial charge < -0.3 is 14.9 Å². The normalized spacial score (nSPS) is 11.4. The van der Waals surface area contributed by atoms with Crippen molar-refractivity contribution in [2.24, 2.45) is 0 Å². The van der Waals surface area contributed by atoms with E-state index in [1.165, 1.54) is 127 Å². The van der Waals surface area contributed by atoms with Crippen molar-refractivity contribution in [2.75, 3.05) is 6.61 Å². The quantitative estimate of drug-likeness (QED) is 0.0791. The van der Waals surface area contributed by atoms with Gasteiger partial charge in [0, 0.05) is 11.1 Å². The number of phenols is 2.